The van der Waals surface area contributed by atoms with E-state index in [0.717, 1.165) is 12.8 Å². The van der Waals surface area contributed by atoms with Gasteiger partial charge in [-0.25, -0.2) is 9.34 Å². The zero-order valence-corrected chi connectivity index (χ0v) is 17.7. The summed E-state index contributed by atoms with van der Waals surface area (Å²) in [5.41, 5.74) is 2.36. The van der Waals surface area contributed by atoms with Crippen molar-refractivity contribution in [2.45, 2.75) is 63.7 Å². The number of hydrogen-bond donors (Lipinski definition) is 0. The van der Waals surface area contributed by atoms with E-state index in [-0.39, 0.29) is 24.2 Å². The third kappa shape index (κ3) is 3.40. The van der Waals surface area contributed by atoms with Crippen molar-refractivity contribution in [2.24, 2.45) is 0 Å². The van der Waals surface area contributed by atoms with Crippen molar-refractivity contribution in [3.63, 3.8) is 0 Å². The Hall–Kier alpha value is -1.12. The molecule has 5 heteroatoms. The highest BCUT2D eigenvalue weighted by Gasteiger charge is 2.57. The van der Waals surface area contributed by atoms with Gasteiger partial charge in [0.25, 0.3) is 0 Å². The molecule has 1 aliphatic heterocycles. The second-order valence-corrected chi connectivity index (χ2v) is 11.0. The normalized spacial score (nSPS) is 27.8. The summed E-state index contributed by atoms with van der Waals surface area (Å²) in [7, 11) is 0. The van der Waals surface area contributed by atoms with Gasteiger partial charge in [0, 0.05) is 24.2 Å². The molecule has 2 aromatic carbocycles. The number of nitrogens with zero attached hydrogens (tertiary/aromatic N) is 2. The first kappa shape index (κ1) is 19.2. The van der Waals surface area contributed by atoms with Gasteiger partial charge in [-0.3, -0.25) is 4.57 Å². The van der Waals surface area contributed by atoms with Crippen LogP contribution in [0.4, 0.5) is 0 Å². The van der Waals surface area contributed by atoms with Crippen LogP contribution in [0.2, 0.25) is 0 Å². The minimum Gasteiger partial charge on any atom is -0.271 e. The molecule has 0 bridgehead atoms. The lowest BCUT2D eigenvalue weighted by Gasteiger charge is -2.34. The SMILES string of the molecule is C[C@@H](c1ccccc1)N1[C@@H]2CCCC[C@H]2N([C@@H](C)c2ccccc2)P1(=O)Cl. The number of halogens is 1. The van der Waals surface area contributed by atoms with Gasteiger partial charge >= 0.3 is 6.80 Å². The third-order valence-corrected chi connectivity index (χ3v) is 9.77. The average Bonchev–Trinajstić information content (AvgIpc) is 2.94. The Morgan fingerprint density at radius 2 is 1.19 bits per heavy atom. The minimum absolute atomic E-state index is 0.0353. The van der Waals surface area contributed by atoms with Gasteiger partial charge in [0.15, 0.2) is 0 Å². The molecule has 4 atom stereocenters. The van der Waals surface area contributed by atoms with E-state index in [1.807, 2.05) is 36.4 Å². The maximum atomic E-state index is 14.1. The lowest BCUT2D eigenvalue weighted by atomic mass is 9.88. The van der Waals surface area contributed by atoms with Crippen molar-refractivity contribution in [3.05, 3.63) is 71.8 Å². The second kappa shape index (κ2) is 7.72. The topological polar surface area (TPSA) is 23.6 Å². The van der Waals surface area contributed by atoms with Crippen LogP contribution in [-0.4, -0.2) is 21.4 Å². The van der Waals surface area contributed by atoms with E-state index in [1.54, 1.807) is 0 Å². The van der Waals surface area contributed by atoms with Crippen LogP contribution in [0.3, 0.4) is 0 Å². The molecule has 3 nitrogen and oxygen atoms in total. The molecule has 144 valence electrons. The van der Waals surface area contributed by atoms with Crippen molar-refractivity contribution in [2.75, 3.05) is 0 Å². The first-order chi connectivity index (χ1) is 13.0. The summed E-state index contributed by atoms with van der Waals surface area (Å²) in [5, 5.41) is 0. The van der Waals surface area contributed by atoms with Crippen molar-refractivity contribution in [3.8, 4) is 0 Å². The minimum atomic E-state index is -3.17. The van der Waals surface area contributed by atoms with Crippen LogP contribution in [0.25, 0.3) is 0 Å². The third-order valence-electron chi connectivity index (χ3n) is 6.30. The summed E-state index contributed by atoms with van der Waals surface area (Å²) in [6.45, 7) is 1.12. The fourth-order valence-electron chi connectivity index (χ4n) is 4.96. The van der Waals surface area contributed by atoms with Crippen LogP contribution < -0.4 is 0 Å². The van der Waals surface area contributed by atoms with Gasteiger partial charge in [0.2, 0.25) is 0 Å². The number of rotatable bonds is 4. The van der Waals surface area contributed by atoms with Gasteiger partial charge in [0.05, 0.1) is 0 Å². The molecule has 0 unspecified atom stereocenters. The standard InChI is InChI=1S/C22H28ClN2OP/c1-17(19-11-5-3-6-12-19)24-21-15-9-10-16-22(21)25(27(24,23)26)18(2)20-13-7-4-8-14-20/h3-8,11-14,17-18,21-22H,9-10,15-16H2,1-2H3/t17-,18-,21+,22+/m0/s1. The van der Waals surface area contributed by atoms with Crippen molar-refractivity contribution >= 4 is 18.0 Å². The van der Waals surface area contributed by atoms with E-state index in [1.165, 1.54) is 24.0 Å². The lowest BCUT2D eigenvalue weighted by Crippen LogP contribution is -2.41. The van der Waals surface area contributed by atoms with Crippen molar-refractivity contribution in [1.29, 1.82) is 0 Å². The first-order valence-corrected chi connectivity index (χ1v) is 12.5. The molecule has 2 aromatic rings. The van der Waals surface area contributed by atoms with Crippen LogP contribution >= 0.6 is 18.0 Å². The summed E-state index contributed by atoms with van der Waals surface area (Å²) in [5.74, 6) is 0. The fourth-order valence-corrected chi connectivity index (χ4v) is 9.05. The van der Waals surface area contributed by atoms with E-state index >= 15 is 0 Å². The largest absolute Gasteiger partial charge is 0.306 e. The van der Waals surface area contributed by atoms with Gasteiger partial charge in [-0.15, -0.1) is 0 Å². The van der Waals surface area contributed by atoms with Gasteiger partial charge in [-0.1, -0.05) is 73.5 Å². The van der Waals surface area contributed by atoms with Gasteiger partial charge in [0.1, 0.15) is 0 Å². The molecule has 0 aromatic heterocycles. The number of hydrogen-bond acceptors (Lipinski definition) is 1. The smallest absolute Gasteiger partial charge is 0.271 e. The Morgan fingerprint density at radius 1 is 0.815 bits per heavy atom. The second-order valence-electron chi connectivity index (χ2n) is 7.83. The summed E-state index contributed by atoms with van der Waals surface area (Å²) in [6.07, 6.45) is 4.50. The molecule has 1 heterocycles. The Kier molecular flexibility index (Phi) is 5.49. The Balaban J connectivity index is 1.73. The number of benzene rings is 2. The molecule has 0 spiro atoms. The molecule has 1 aliphatic carbocycles. The lowest BCUT2D eigenvalue weighted by molar-refractivity contribution is 0.166. The first-order valence-electron chi connectivity index (χ1n) is 9.99. The van der Waals surface area contributed by atoms with Gasteiger partial charge in [-0.2, -0.15) is 0 Å². The average molecular weight is 403 g/mol. The zero-order chi connectivity index (χ0) is 19.0. The molecule has 27 heavy (non-hydrogen) atoms. The predicted molar refractivity (Wildman–Crippen MR) is 113 cm³/mol. The monoisotopic (exact) mass is 402 g/mol. The molecule has 4 rings (SSSR count). The van der Waals surface area contributed by atoms with E-state index in [9.17, 15) is 4.57 Å². The zero-order valence-electron chi connectivity index (χ0n) is 16.0. The Morgan fingerprint density at radius 3 is 1.56 bits per heavy atom. The summed E-state index contributed by atoms with van der Waals surface area (Å²) in [6, 6.07) is 21.3. The van der Waals surface area contributed by atoms with E-state index in [2.05, 4.69) is 47.5 Å². The summed E-state index contributed by atoms with van der Waals surface area (Å²) in [4.78, 5) is 0. The van der Waals surface area contributed by atoms with Crippen LogP contribution in [0.5, 0.6) is 0 Å². The molecule has 0 radical (unpaired) electrons. The summed E-state index contributed by atoms with van der Waals surface area (Å²) < 4.78 is 18.4. The molecule has 1 saturated carbocycles. The highest BCUT2D eigenvalue weighted by molar-refractivity contribution is 7.85. The maximum Gasteiger partial charge on any atom is 0.306 e. The van der Waals surface area contributed by atoms with Crippen molar-refractivity contribution in [1.82, 2.24) is 9.34 Å². The van der Waals surface area contributed by atoms with Crippen LogP contribution in [-0.2, 0) is 4.57 Å². The fraction of sp³-hybridized carbons (Fsp3) is 0.455. The van der Waals surface area contributed by atoms with Gasteiger partial charge in [-0.05, 0) is 49.1 Å². The van der Waals surface area contributed by atoms with Crippen LogP contribution in [0.1, 0.15) is 62.7 Å². The Bertz CT molecular complexity index is 750. The van der Waals surface area contributed by atoms with E-state index < -0.39 is 6.80 Å². The molecule has 2 aliphatic rings. The molecular formula is C22H28ClN2OP. The Labute approximate surface area is 167 Å². The molecule has 0 amide bonds. The molecule has 1 saturated heterocycles. The van der Waals surface area contributed by atoms with Crippen LogP contribution in [0.15, 0.2) is 60.7 Å². The van der Waals surface area contributed by atoms with Crippen molar-refractivity contribution < 1.29 is 4.57 Å². The maximum absolute atomic E-state index is 14.1. The van der Waals surface area contributed by atoms with E-state index in [0.29, 0.717) is 0 Å². The molecule has 0 N–H and O–H groups in total. The summed E-state index contributed by atoms with van der Waals surface area (Å²) >= 11 is 6.97. The van der Waals surface area contributed by atoms with Crippen LogP contribution in [0, 0.1) is 0 Å². The highest BCUT2D eigenvalue weighted by atomic mass is 35.7. The molecular weight excluding hydrogens is 375 g/mol. The van der Waals surface area contributed by atoms with E-state index in [4.69, 9.17) is 11.2 Å². The quantitative estimate of drug-likeness (QED) is 0.526. The molecule has 2 fully saturated rings. The predicted octanol–water partition coefficient (Wildman–Crippen LogP) is 6.78. The highest BCUT2D eigenvalue weighted by Crippen LogP contribution is 2.71. The van der Waals surface area contributed by atoms with Gasteiger partial charge < -0.3 is 0 Å². The number of fused-ring (bicyclic) bond motifs is 1.